The molecule has 0 saturated heterocycles. The van der Waals surface area contributed by atoms with Crippen molar-refractivity contribution in [2.45, 2.75) is 6.54 Å². The second-order valence-corrected chi connectivity index (χ2v) is 6.15. The molecule has 0 fully saturated rings. The number of nitrogens with one attached hydrogen (secondary N) is 2. The molecule has 2 heterocycles. The van der Waals surface area contributed by atoms with E-state index in [-0.39, 0.29) is 5.91 Å². The third kappa shape index (κ3) is 2.91. The minimum absolute atomic E-state index is 0.200. The number of carbonyl (C=O) groups excluding carboxylic acids is 1. The van der Waals surface area contributed by atoms with E-state index in [9.17, 15) is 4.79 Å². The number of amides is 1. The molecule has 0 aliphatic rings. The summed E-state index contributed by atoms with van der Waals surface area (Å²) in [4.78, 5) is 24.3. The number of fused-ring (bicyclic) bond motifs is 1. The Morgan fingerprint density at radius 1 is 1.04 bits per heavy atom. The van der Waals surface area contributed by atoms with Crippen LogP contribution in [0.4, 0.5) is 0 Å². The van der Waals surface area contributed by atoms with Crippen LogP contribution in [-0.2, 0) is 6.54 Å². The Kier molecular flexibility index (Phi) is 3.80. The number of nitrogens with zero attached hydrogens (tertiary/aromatic N) is 2. The summed E-state index contributed by atoms with van der Waals surface area (Å²) < 4.78 is 0. The van der Waals surface area contributed by atoms with Gasteiger partial charge in [-0.1, -0.05) is 42.5 Å². The predicted octanol–water partition coefficient (Wildman–Crippen LogP) is 3.62. The van der Waals surface area contributed by atoms with Crippen molar-refractivity contribution in [3.8, 4) is 10.6 Å². The number of aromatic amines is 1. The molecule has 118 valence electrons. The molecule has 0 aliphatic carbocycles. The number of rotatable bonds is 4. The van der Waals surface area contributed by atoms with Crippen LogP contribution in [0.25, 0.3) is 21.6 Å². The number of H-pyrrole nitrogens is 1. The summed E-state index contributed by atoms with van der Waals surface area (Å²) in [7, 11) is 0. The molecular formula is C18H14N4OS. The Morgan fingerprint density at radius 3 is 2.67 bits per heavy atom. The summed E-state index contributed by atoms with van der Waals surface area (Å²) in [5, 5.41) is 5.46. The first kappa shape index (κ1) is 14.6. The van der Waals surface area contributed by atoms with Gasteiger partial charge in [-0.3, -0.25) is 4.79 Å². The van der Waals surface area contributed by atoms with Gasteiger partial charge in [0, 0.05) is 10.9 Å². The number of aromatic nitrogens is 3. The maximum absolute atomic E-state index is 12.3. The minimum Gasteiger partial charge on any atom is -0.343 e. The van der Waals surface area contributed by atoms with Crippen molar-refractivity contribution in [1.82, 2.24) is 20.3 Å². The summed E-state index contributed by atoms with van der Waals surface area (Å²) in [6.07, 6.45) is 0. The number of imidazole rings is 1. The first-order chi connectivity index (χ1) is 11.8. The average Bonchev–Trinajstić information content (AvgIpc) is 3.27. The van der Waals surface area contributed by atoms with Crippen LogP contribution < -0.4 is 5.32 Å². The Balaban J connectivity index is 1.45. The van der Waals surface area contributed by atoms with Gasteiger partial charge in [0.2, 0.25) is 0 Å². The molecule has 2 aromatic carbocycles. The zero-order chi connectivity index (χ0) is 16.4. The quantitative estimate of drug-likeness (QED) is 0.599. The van der Waals surface area contributed by atoms with Gasteiger partial charge in [-0.15, -0.1) is 11.3 Å². The highest BCUT2D eigenvalue weighted by Crippen LogP contribution is 2.23. The molecule has 0 spiro atoms. The third-order valence-corrected chi connectivity index (χ3v) is 4.50. The predicted molar refractivity (Wildman–Crippen MR) is 94.8 cm³/mol. The van der Waals surface area contributed by atoms with Gasteiger partial charge in [-0.05, 0) is 12.1 Å². The van der Waals surface area contributed by atoms with Gasteiger partial charge < -0.3 is 10.3 Å². The highest BCUT2D eigenvalue weighted by molar-refractivity contribution is 7.13. The Labute approximate surface area is 142 Å². The largest absolute Gasteiger partial charge is 0.343 e. The summed E-state index contributed by atoms with van der Waals surface area (Å²) in [6.45, 7) is 0.339. The number of thiazole rings is 1. The number of hydrogen-bond donors (Lipinski definition) is 2. The van der Waals surface area contributed by atoms with Gasteiger partial charge in [-0.25, -0.2) is 9.97 Å². The van der Waals surface area contributed by atoms with Crippen LogP contribution in [0.15, 0.2) is 60.0 Å². The van der Waals surface area contributed by atoms with Crippen LogP contribution in [0.5, 0.6) is 0 Å². The van der Waals surface area contributed by atoms with Crippen molar-refractivity contribution < 1.29 is 4.79 Å². The molecule has 2 N–H and O–H groups in total. The molecule has 0 radical (unpaired) electrons. The average molecular weight is 334 g/mol. The topological polar surface area (TPSA) is 70.7 Å². The van der Waals surface area contributed by atoms with Crippen LogP contribution in [0.2, 0.25) is 0 Å². The lowest BCUT2D eigenvalue weighted by Gasteiger charge is -2.00. The summed E-state index contributed by atoms with van der Waals surface area (Å²) in [5.74, 6) is 0.525. The SMILES string of the molecule is O=C(NCc1nc2ccccc2[nH]1)c1csc(-c2ccccc2)n1. The number of carbonyl (C=O) groups is 1. The first-order valence-electron chi connectivity index (χ1n) is 7.52. The Morgan fingerprint density at radius 2 is 1.83 bits per heavy atom. The smallest absolute Gasteiger partial charge is 0.271 e. The van der Waals surface area contributed by atoms with Crippen LogP contribution >= 0.6 is 11.3 Å². The summed E-state index contributed by atoms with van der Waals surface area (Å²) in [5.41, 5.74) is 3.29. The summed E-state index contributed by atoms with van der Waals surface area (Å²) >= 11 is 1.46. The van der Waals surface area contributed by atoms with Crippen molar-refractivity contribution in [3.63, 3.8) is 0 Å². The molecule has 4 aromatic rings. The number of benzene rings is 2. The van der Waals surface area contributed by atoms with Crippen LogP contribution in [0.1, 0.15) is 16.3 Å². The van der Waals surface area contributed by atoms with Gasteiger partial charge >= 0.3 is 0 Å². The first-order valence-corrected chi connectivity index (χ1v) is 8.40. The molecule has 0 saturated carbocycles. The molecule has 4 rings (SSSR count). The lowest BCUT2D eigenvalue weighted by atomic mass is 10.2. The monoisotopic (exact) mass is 334 g/mol. The lowest BCUT2D eigenvalue weighted by Crippen LogP contribution is -2.23. The Bertz CT molecular complexity index is 957. The highest BCUT2D eigenvalue weighted by Gasteiger charge is 2.12. The second-order valence-electron chi connectivity index (χ2n) is 5.29. The number of hydrogen-bond acceptors (Lipinski definition) is 4. The van der Waals surface area contributed by atoms with E-state index in [1.54, 1.807) is 5.38 Å². The van der Waals surface area contributed by atoms with E-state index in [1.807, 2.05) is 54.6 Å². The van der Waals surface area contributed by atoms with Crippen molar-refractivity contribution in [1.29, 1.82) is 0 Å². The van der Waals surface area contributed by atoms with Gasteiger partial charge in [0.25, 0.3) is 5.91 Å². The van der Waals surface area contributed by atoms with Crippen LogP contribution in [-0.4, -0.2) is 20.9 Å². The van der Waals surface area contributed by atoms with Crippen molar-refractivity contribution >= 4 is 28.3 Å². The molecule has 2 aromatic heterocycles. The minimum atomic E-state index is -0.200. The highest BCUT2D eigenvalue weighted by atomic mass is 32.1. The van der Waals surface area contributed by atoms with Crippen molar-refractivity contribution in [2.24, 2.45) is 0 Å². The van der Waals surface area contributed by atoms with E-state index in [0.29, 0.717) is 12.2 Å². The molecule has 6 heteroatoms. The van der Waals surface area contributed by atoms with Crippen LogP contribution in [0.3, 0.4) is 0 Å². The third-order valence-electron chi connectivity index (χ3n) is 3.61. The van der Waals surface area contributed by atoms with Gasteiger partial charge in [0.1, 0.15) is 16.5 Å². The van der Waals surface area contributed by atoms with Crippen LogP contribution in [0, 0.1) is 0 Å². The van der Waals surface area contributed by atoms with Gasteiger partial charge in [0.05, 0.1) is 17.6 Å². The second kappa shape index (κ2) is 6.25. The van der Waals surface area contributed by atoms with E-state index in [1.165, 1.54) is 11.3 Å². The van der Waals surface area contributed by atoms with Gasteiger partial charge in [-0.2, -0.15) is 0 Å². The van der Waals surface area contributed by atoms with Crippen molar-refractivity contribution in [2.75, 3.05) is 0 Å². The van der Waals surface area contributed by atoms with E-state index in [0.717, 1.165) is 27.4 Å². The van der Waals surface area contributed by atoms with E-state index >= 15 is 0 Å². The van der Waals surface area contributed by atoms with E-state index in [2.05, 4.69) is 20.3 Å². The fourth-order valence-corrected chi connectivity index (χ4v) is 3.24. The van der Waals surface area contributed by atoms with E-state index < -0.39 is 0 Å². The number of para-hydroxylation sites is 2. The molecule has 24 heavy (non-hydrogen) atoms. The maximum Gasteiger partial charge on any atom is 0.271 e. The normalized spacial score (nSPS) is 10.8. The zero-order valence-corrected chi connectivity index (χ0v) is 13.5. The van der Waals surface area contributed by atoms with Crippen molar-refractivity contribution in [3.05, 3.63) is 71.5 Å². The standard InChI is InChI=1S/C18H14N4OS/c23-17(15-11-24-18(22-15)12-6-2-1-3-7-12)19-10-16-20-13-8-4-5-9-14(13)21-16/h1-9,11H,10H2,(H,19,23)(H,20,21). The fourth-order valence-electron chi connectivity index (χ4n) is 2.44. The lowest BCUT2D eigenvalue weighted by molar-refractivity contribution is 0.0946. The summed E-state index contributed by atoms with van der Waals surface area (Å²) in [6, 6.07) is 17.6. The fraction of sp³-hybridized carbons (Fsp3) is 0.0556. The molecule has 0 bridgehead atoms. The molecule has 1 amide bonds. The van der Waals surface area contributed by atoms with E-state index in [4.69, 9.17) is 0 Å². The molecule has 0 unspecified atom stereocenters. The Hall–Kier alpha value is -2.99. The molecule has 0 atom stereocenters. The molecular weight excluding hydrogens is 320 g/mol. The molecule has 0 aliphatic heterocycles. The molecule has 5 nitrogen and oxygen atoms in total. The zero-order valence-electron chi connectivity index (χ0n) is 12.7. The van der Waals surface area contributed by atoms with Gasteiger partial charge in [0.15, 0.2) is 0 Å². The maximum atomic E-state index is 12.3.